The minimum absolute atomic E-state index is 0. The topological polar surface area (TPSA) is 69.6 Å². The first-order valence-electron chi connectivity index (χ1n) is 9.88. The van der Waals surface area contributed by atoms with Crippen LogP contribution >= 0.6 is 24.0 Å². The Balaban J connectivity index is 0.00000280. The lowest BCUT2D eigenvalue weighted by Gasteiger charge is -2.32. The SMILES string of the molecule is CCNC(=NCC(O)c1ccc(OC)cc1)N1CCC(N2CCOCC2)C1.I. The first kappa shape index (κ1) is 23.2. The Morgan fingerprint density at radius 3 is 2.64 bits per heavy atom. The zero-order valence-electron chi connectivity index (χ0n) is 16.8. The molecule has 158 valence electrons. The number of rotatable bonds is 6. The van der Waals surface area contributed by atoms with Crippen molar-refractivity contribution in [2.75, 3.05) is 59.6 Å². The number of hydrogen-bond acceptors (Lipinski definition) is 5. The molecule has 2 unspecified atom stereocenters. The third-order valence-electron chi connectivity index (χ3n) is 5.27. The standard InChI is InChI=1S/C20H32N4O3.HI/c1-3-21-20(22-14-19(25)16-4-6-18(26-2)7-5-16)24-9-8-17(15-24)23-10-12-27-13-11-23;/h4-7,17,19,25H,3,8-15H2,1-2H3,(H,21,22);1H. The maximum absolute atomic E-state index is 10.5. The molecule has 0 radical (unpaired) electrons. The van der Waals surface area contributed by atoms with E-state index in [2.05, 4.69) is 22.0 Å². The van der Waals surface area contributed by atoms with Gasteiger partial charge in [0.05, 0.1) is 33.0 Å². The van der Waals surface area contributed by atoms with Gasteiger partial charge in [-0.25, -0.2) is 0 Å². The Morgan fingerprint density at radius 1 is 1.29 bits per heavy atom. The highest BCUT2D eigenvalue weighted by atomic mass is 127. The van der Waals surface area contributed by atoms with E-state index in [1.165, 1.54) is 0 Å². The summed E-state index contributed by atoms with van der Waals surface area (Å²) in [5, 5.41) is 13.9. The zero-order chi connectivity index (χ0) is 19.1. The number of morpholine rings is 1. The quantitative estimate of drug-likeness (QED) is 0.350. The molecule has 2 N–H and O–H groups in total. The van der Waals surface area contributed by atoms with E-state index in [0.29, 0.717) is 12.6 Å². The molecular formula is C20H33IN4O3. The van der Waals surface area contributed by atoms with E-state index >= 15 is 0 Å². The van der Waals surface area contributed by atoms with Gasteiger partial charge in [0.25, 0.3) is 0 Å². The van der Waals surface area contributed by atoms with Crippen molar-refractivity contribution in [1.82, 2.24) is 15.1 Å². The van der Waals surface area contributed by atoms with E-state index in [0.717, 1.165) is 69.6 Å². The van der Waals surface area contributed by atoms with E-state index in [1.54, 1.807) is 7.11 Å². The van der Waals surface area contributed by atoms with Gasteiger partial charge in [0.15, 0.2) is 5.96 Å². The predicted octanol–water partition coefficient (Wildman–Crippen LogP) is 1.72. The van der Waals surface area contributed by atoms with Crippen molar-refractivity contribution in [1.29, 1.82) is 0 Å². The van der Waals surface area contributed by atoms with Gasteiger partial charge in [-0.2, -0.15) is 0 Å². The number of likely N-dealkylation sites (tertiary alicyclic amines) is 1. The van der Waals surface area contributed by atoms with Crippen molar-refractivity contribution < 1.29 is 14.6 Å². The van der Waals surface area contributed by atoms with Crippen molar-refractivity contribution in [2.24, 2.45) is 4.99 Å². The summed E-state index contributed by atoms with van der Waals surface area (Å²) < 4.78 is 10.6. The van der Waals surface area contributed by atoms with Crippen LogP contribution in [0.25, 0.3) is 0 Å². The highest BCUT2D eigenvalue weighted by Crippen LogP contribution is 2.19. The third-order valence-corrected chi connectivity index (χ3v) is 5.27. The van der Waals surface area contributed by atoms with Crippen LogP contribution in [-0.2, 0) is 4.74 Å². The van der Waals surface area contributed by atoms with Crippen LogP contribution in [0.1, 0.15) is 25.0 Å². The molecule has 2 atom stereocenters. The van der Waals surface area contributed by atoms with Gasteiger partial charge < -0.3 is 24.8 Å². The molecule has 2 aliphatic rings. The van der Waals surface area contributed by atoms with E-state index in [-0.39, 0.29) is 24.0 Å². The summed E-state index contributed by atoms with van der Waals surface area (Å²) in [4.78, 5) is 9.54. The van der Waals surface area contributed by atoms with E-state index in [4.69, 9.17) is 14.5 Å². The number of benzene rings is 1. The van der Waals surface area contributed by atoms with Gasteiger partial charge in [0, 0.05) is 38.8 Å². The average molecular weight is 504 g/mol. The van der Waals surface area contributed by atoms with Crippen molar-refractivity contribution in [3.8, 4) is 5.75 Å². The monoisotopic (exact) mass is 504 g/mol. The van der Waals surface area contributed by atoms with Crippen LogP contribution in [-0.4, -0.2) is 86.5 Å². The summed E-state index contributed by atoms with van der Waals surface area (Å²) in [7, 11) is 1.64. The molecule has 0 amide bonds. The molecule has 8 heteroatoms. The Labute approximate surface area is 185 Å². The number of aliphatic hydroxyl groups excluding tert-OH is 1. The summed E-state index contributed by atoms with van der Waals surface area (Å²) in [6, 6.07) is 8.05. The average Bonchev–Trinajstić information content (AvgIpc) is 3.21. The second-order valence-corrected chi connectivity index (χ2v) is 7.02. The van der Waals surface area contributed by atoms with E-state index in [9.17, 15) is 5.11 Å². The number of hydrogen-bond donors (Lipinski definition) is 2. The highest BCUT2D eigenvalue weighted by molar-refractivity contribution is 14.0. The largest absolute Gasteiger partial charge is 0.497 e. The van der Waals surface area contributed by atoms with Gasteiger partial charge in [-0.05, 0) is 31.0 Å². The lowest BCUT2D eigenvalue weighted by atomic mass is 10.1. The molecule has 0 aromatic heterocycles. The van der Waals surface area contributed by atoms with Gasteiger partial charge in [0.1, 0.15) is 5.75 Å². The number of nitrogens with one attached hydrogen (secondary N) is 1. The predicted molar refractivity (Wildman–Crippen MR) is 122 cm³/mol. The molecule has 2 aliphatic heterocycles. The van der Waals surface area contributed by atoms with Gasteiger partial charge in [-0.3, -0.25) is 9.89 Å². The van der Waals surface area contributed by atoms with Crippen molar-refractivity contribution in [3.63, 3.8) is 0 Å². The maximum atomic E-state index is 10.5. The van der Waals surface area contributed by atoms with Crippen LogP contribution < -0.4 is 10.1 Å². The van der Waals surface area contributed by atoms with Crippen LogP contribution in [0.5, 0.6) is 5.75 Å². The Hall–Kier alpha value is -1.10. The van der Waals surface area contributed by atoms with Crippen LogP contribution in [0.2, 0.25) is 0 Å². The molecule has 1 aromatic rings. The fourth-order valence-electron chi connectivity index (χ4n) is 3.71. The maximum Gasteiger partial charge on any atom is 0.194 e. The van der Waals surface area contributed by atoms with Crippen LogP contribution in [0.4, 0.5) is 0 Å². The van der Waals surface area contributed by atoms with Crippen molar-refractivity contribution >= 4 is 29.9 Å². The fraction of sp³-hybridized carbons (Fsp3) is 0.650. The van der Waals surface area contributed by atoms with Gasteiger partial charge in [-0.1, -0.05) is 12.1 Å². The van der Waals surface area contributed by atoms with Crippen molar-refractivity contribution in [3.05, 3.63) is 29.8 Å². The second-order valence-electron chi connectivity index (χ2n) is 7.02. The smallest absolute Gasteiger partial charge is 0.194 e. The number of methoxy groups -OCH3 is 1. The summed E-state index contributed by atoms with van der Waals surface area (Å²) in [6.45, 7) is 8.90. The van der Waals surface area contributed by atoms with Gasteiger partial charge >= 0.3 is 0 Å². The van der Waals surface area contributed by atoms with Crippen LogP contribution in [0, 0.1) is 0 Å². The lowest BCUT2D eigenvalue weighted by Crippen LogP contribution is -2.46. The molecule has 0 saturated carbocycles. The molecular weight excluding hydrogens is 471 g/mol. The van der Waals surface area contributed by atoms with Gasteiger partial charge in [-0.15, -0.1) is 24.0 Å². The van der Waals surface area contributed by atoms with Gasteiger partial charge in [0.2, 0.25) is 0 Å². The highest BCUT2D eigenvalue weighted by Gasteiger charge is 2.30. The van der Waals surface area contributed by atoms with E-state index < -0.39 is 6.10 Å². The first-order valence-corrected chi connectivity index (χ1v) is 9.88. The molecule has 0 aliphatic carbocycles. The molecule has 2 saturated heterocycles. The number of aliphatic imine (C=N–C) groups is 1. The second kappa shape index (κ2) is 11.8. The summed E-state index contributed by atoms with van der Waals surface area (Å²) >= 11 is 0. The molecule has 28 heavy (non-hydrogen) atoms. The molecule has 3 rings (SSSR count). The molecule has 0 bridgehead atoms. The lowest BCUT2D eigenvalue weighted by molar-refractivity contribution is 0.0194. The number of halogens is 1. The minimum atomic E-state index is -0.623. The third kappa shape index (κ3) is 6.20. The first-order chi connectivity index (χ1) is 13.2. The Kier molecular flexibility index (Phi) is 9.76. The normalized spacial score (nSPS) is 21.9. The fourth-order valence-corrected chi connectivity index (χ4v) is 3.71. The minimum Gasteiger partial charge on any atom is -0.497 e. The van der Waals surface area contributed by atoms with Crippen LogP contribution in [0.15, 0.2) is 29.3 Å². The number of nitrogens with zero attached hydrogens (tertiary/aromatic N) is 3. The summed E-state index contributed by atoms with van der Waals surface area (Å²) in [5.41, 5.74) is 0.850. The number of ether oxygens (including phenoxy) is 2. The Morgan fingerprint density at radius 2 is 2.00 bits per heavy atom. The van der Waals surface area contributed by atoms with Crippen LogP contribution in [0.3, 0.4) is 0 Å². The number of guanidine groups is 1. The Bertz CT molecular complexity index is 608. The molecule has 2 fully saturated rings. The van der Waals surface area contributed by atoms with E-state index in [1.807, 2.05) is 24.3 Å². The zero-order valence-corrected chi connectivity index (χ0v) is 19.2. The molecule has 2 heterocycles. The molecule has 7 nitrogen and oxygen atoms in total. The summed E-state index contributed by atoms with van der Waals surface area (Å²) in [5.74, 6) is 1.68. The van der Waals surface area contributed by atoms with Crippen molar-refractivity contribution in [2.45, 2.75) is 25.5 Å². The molecule has 0 spiro atoms. The number of aliphatic hydroxyl groups is 1. The molecule has 1 aromatic carbocycles. The summed E-state index contributed by atoms with van der Waals surface area (Å²) in [6.07, 6.45) is 0.521.